The molecule has 0 saturated heterocycles. The highest BCUT2D eigenvalue weighted by Gasteiger charge is 2.22. The highest BCUT2D eigenvalue weighted by molar-refractivity contribution is 8.00. The molecule has 1 aromatic heterocycles. The molecule has 0 saturated carbocycles. The van der Waals surface area contributed by atoms with Crippen molar-refractivity contribution >= 4 is 40.6 Å². The minimum Gasteiger partial charge on any atom is -0.495 e. The largest absolute Gasteiger partial charge is 0.495 e. The van der Waals surface area contributed by atoms with Crippen LogP contribution in [0.15, 0.2) is 60.3 Å². The summed E-state index contributed by atoms with van der Waals surface area (Å²) < 4.78 is 7.05. The van der Waals surface area contributed by atoms with Crippen LogP contribution >= 0.6 is 23.4 Å². The Morgan fingerprint density at radius 1 is 1.34 bits per heavy atom. The van der Waals surface area contributed by atoms with Gasteiger partial charge < -0.3 is 10.1 Å². The molecule has 0 radical (unpaired) electrons. The molecule has 1 amide bonds. The van der Waals surface area contributed by atoms with Gasteiger partial charge in [0.1, 0.15) is 5.75 Å². The average molecular weight is 474 g/mol. The molecule has 1 heterocycles. The molecule has 0 aliphatic heterocycles. The van der Waals surface area contributed by atoms with E-state index in [9.17, 15) is 14.9 Å². The highest BCUT2D eigenvalue weighted by Crippen LogP contribution is 2.31. The molecule has 166 valence electrons. The van der Waals surface area contributed by atoms with Gasteiger partial charge in [0.05, 0.1) is 23.0 Å². The number of amides is 1. The molecule has 11 heteroatoms. The lowest BCUT2D eigenvalue weighted by atomic mass is 10.2. The first-order valence-corrected chi connectivity index (χ1v) is 10.7. The maximum Gasteiger partial charge on any atom is 0.271 e. The van der Waals surface area contributed by atoms with E-state index in [2.05, 4.69) is 22.1 Å². The van der Waals surface area contributed by atoms with Crippen LogP contribution in [-0.2, 0) is 11.3 Å². The number of nitrogens with one attached hydrogen (secondary N) is 1. The van der Waals surface area contributed by atoms with Gasteiger partial charge in [-0.05, 0) is 37.3 Å². The van der Waals surface area contributed by atoms with Gasteiger partial charge in [0.15, 0.2) is 11.0 Å². The SMILES string of the molecule is C=CCn1c(SC(C)C(=O)Nc2cc([N+](=O)[O-])ccc2OC)nnc1-c1ccc(Cl)cc1. The van der Waals surface area contributed by atoms with E-state index in [1.54, 1.807) is 25.1 Å². The molecular weight excluding hydrogens is 454 g/mol. The number of allylic oxidation sites excluding steroid dienone is 1. The van der Waals surface area contributed by atoms with Crippen molar-refractivity contribution in [2.24, 2.45) is 0 Å². The number of nitrogens with zero attached hydrogens (tertiary/aromatic N) is 4. The van der Waals surface area contributed by atoms with Crippen LogP contribution in [0.2, 0.25) is 5.02 Å². The third-order valence-corrected chi connectivity index (χ3v) is 5.77. The van der Waals surface area contributed by atoms with Crippen LogP contribution in [0.3, 0.4) is 0 Å². The number of rotatable bonds is 9. The summed E-state index contributed by atoms with van der Waals surface area (Å²) in [5.74, 6) is 0.577. The zero-order valence-corrected chi connectivity index (χ0v) is 18.9. The number of hydrogen-bond acceptors (Lipinski definition) is 7. The second-order valence-corrected chi connectivity index (χ2v) is 8.35. The number of nitro groups is 1. The number of hydrogen-bond donors (Lipinski definition) is 1. The summed E-state index contributed by atoms with van der Waals surface area (Å²) in [5.41, 5.74) is 0.891. The van der Waals surface area contributed by atoms with Crippen molar-refractivity contribution in [1.82, 2.24) is 14.8 Å². The van der Waals surface area contributed by atoms with Crippen LogP contribution in [0.5, 0.6) is 5.75 Å². The Kier molecular flexibility index (Phi) is 7.49. The molecular formula is C21H20ClN5O4S. The number of halogens is 1. The first-order valence-electron chi connectivity index (χ1n) is 9.44. The average Bonchev–Trinajstić information content (AvgIpc) is 3.16. The molecule has 0 bridgehead atoms. The van der Waals surface area contributed by atoms with E-state index in [1.807, 2.05) is 16.7 Å². The monoisotopic (exact) mass is 473 g/mol. The molecule has 1 unspecified atom stereocenters. The number of aromatic nitrogens is 3. The van der Waals surface area contributed by atoms with Gasteiger partial charge in [0.25, 0.3) is 5.69 Å². The lowest BCUT2D eigenvalue weighted by Crippen LogP contribution is -2.23. The van der Waals surface area contributed by atoms with Crippen molar-refractivity contribution < 1.29 is 14.5 Å². The molecule has 1 N–H and O–H groups in total. The number of nitro benzene ring substituents is 1. The van der Waals surface area contributed by atoms with Crippen LogP contribution in [-0.4, -0.2) is 38.0 Å². The number of thioether (sulfide) groups is 1. The maximum atomic E-state index is 12.8. The summed E-state index contributed by atoms with van der Waals surface area (Å²) in [6.45, 7) is 5.93. The smallest absolute Gasteiger partial charge is 0.271 e. The first-order chi connectivity index (χ1) is 15.3. The van der Waals surface area contributed by atoms with Crippen molar-refractivity contribution in [2.75, 3.05) is 12.4 Å². The van der Waals surface area contributed by atoms with E-state index in [0.29, 0.717) is 28.3 Å². The third-order valence-electron chi connectivity index (χ3n) is 4.43. The Hall–Kier alpha value is -3.37. The number of carbonyl (C=O) groups excluding carboxylic acids is 1. The van der Waals surface area contributed by atoms with Crippen LogP contribution in [0.25, 0.3) is 11.4 Å². The lowest BCUT2D eigenvalue weighted by Gasteiger charge is -2.14. The van der Waals surface area contributed by atoms with Gasteiger partial charge in [-0.15, -0.1) is 16.8 Å². The lowest BCUT2D eigenvalue weighted by molar-refractivity contribution is -0.384. The first kappa shape index (κ1) is 23.3. The quantitative estimate of drug-likeness (QED) is 0.205. The molecule has 1 atom stereocenters. The van der Waals surface area contributed by atoms with Crippen LogP contribution in [0.1, 0.15) is 6.92 Å². The number of ether oxygens (including phenoxy) is 1. The standard InChI is InChI=1S/C21H20ClN5O4S/c1-4-11-26-19(14-5-7-15(22)8-6-14)24-25-21(26)32-13(2)20(28)23-17-12-16(27(29)30)9-10-18(17)31-3/h4-10,12-13H,1,11H2,2-3H3,(H,23,28). The van der Waals surface area contributed by atoms with Gasteiger partial charge in [0, 0.05) is 29.3 Å². The van der Waals surface area contributed by atoms with Crippen LogP contribution in [0, 0.1) is 10.1 Å². The van der Waals surface area contributed by atoms with Crippen molar-refractivity contribution in [3.05, 3.63) is 70.3 Å². The van der Waals surface area contributed by atoms with Crippen LogP contribution < -0.4 is 10.1 Å². The summed E-state index contributed by atoms with van der Waals surface area (Å²) in [6, 6.07) is 11.2. The van der Waals surface area contributed by atoms with Gasteiger partial charge in [-0.2, -0.15) is 0 Å². The summed E-state index contributed by atoms with van der Waals surface area (Å²) in [6.07, 6.45) is 1.71. The fraction of sp³-hybridized carbons (Fsp3) is 0.190. The van der Waals surface area contributed by atoms with Crippen LogP contribution in [0.4, 0.5) is 11.4 Å². The predicted octanol–water partition coefficient (Wildman–Crippen LogP) is 4.82. The molecule has 2 aromatic carbocycles. The van der Waals surface area contributed by atoms with Crippen molar-refractivity contribution in [2.45, 2.75) is 23.9 Å². The number of anilines is 1. The molecule has 3 aromatic rings. The molecule has 3 rings (SSSR count). The normalized spacial score (nSPS) is 11.6. The van der Waals surface area contributed by atoms with Crippen molar-refractivity contribution in [3.8, 4) is 17.1 Å². The van der Waals surface area contributed by atoms with Gasteiger partial charge in [-0.1, -0.05) is 29.4 Å². The van der Waals surface area contributed by atoms with Gasteiger partial charge in [-0.25, -0.2) is 0 Å². The summed E-state index contributed by atoms with van der Waals surface area (Å²) in [5, 5.41) is 22.8. The second-order valence-electron chi connectivity index (χ2n) is 6.60. The van der Waals surface area contributed by atoms with E-state index < -0.39 is 10.2 Å². The Bertz CT molecular complexity index is 1150. The Balaban J connectivity index is 1.81. The fourth-order valence-corrected chi connectivity index (χ4v) is 3.82. The van der Waals surface area contributed by atoms with Gasteiger partial charge in [0.2, 0.25) is 5.91 Å². The number of benzene rings is 2. The predicted molar refractivity (Wildman–Crippen MR) is 124 cm³/mol. The molecule has 32 heavy (non-hydrogen) atoms. The molecule has 0 spiro atoms. The zero-order chi connectivity index (χ0) is 23.3. The van der Waals surface area contributed by atoms with Crippen molar-refractivity contribution in [1.29, 1.82) is 0 Å². The number of non-ortho nitro benzene ring substituents is 1. The van der Waals surface area contributed by atoms with E-state index in [1.165, 1.54) is 37.1 Å². The zero-order valence-electron chi connectivity index (χ0n) is 17.3. The number of carbonyl (C=O) groups is 1. The molecule has 0 aliphatic rings. The summed E-state index contributed by atoms with van der Waals surface area (Å²) >= 11 is 7.18. The Morgan fingerprint density at radius 2 is 2.06 bits per heavy atom. The summed E-state index contributed by atoms with van der Waals surface area (Å²) in [4.78, 5) is 23.3. The molecule has 9 nitrogen and oxygen atoms in total. The Labute approximate surface area is 193 Å². The molecule has 0 fully saturated rings. The third kappa shape index (κ3) is 5.27. The van der Waals surface area contributed by atoms with Gasteiger partial charge >= 0.3 is 0 Å². The minimum atomic E-state index is -0.579. The summed E-state index contributed by atoms with van der Waals surface area (Å²) in [7, 11) is 1.42. The Morgan fingerprint density at radius 3 is 2.69 bits per heavy atom. The topological polar surface area (TPSA) is 112 Å². The van der Waals surface area contributed by atoms with Crippen molar-refractivity contribution in [3.63, 3.8) is 0 Å². The second kappa shape index (κ2) is 10.3. The van der Waals surface area contributed by atoms with E-state index in [-0.39, 0.29) is 17.3 Å². The number of methoxy groups -OCH3 is 1. The molecule has 0 aliphatic carbocycles. The van der Waals surface area contributed by atoms with E-state index in [0.717, 1.165) is 5.56 Å². The highest BCUT2D eigenvalue weighted by atomic mass is 35.5. The minimum absolute atomic E-state index is 0.153. The van der Waals surface area contributed by atoms with E-state index in [4.69, 9.17) is 16.3 Å². The fourth-order valence-electron chi connectivity index (χ4n) is 2.84. The maximum absolute atomic E-state index is 12.8. The van der Waals surface area contributed by atoms with E-state index >= 15 is 0 Å². The van der Waals surface area contributed by atoms with Gasteiger partial charge in [-0.3, -0.25) is 19.5 Å².